The highest BCUT2D eigenvalue weighted by Crippen LogP contribution is 2.32. The molecule has 2 unspecified atom stereocenters. The molecular formula is C29H34O5. The maximum absolute atomic E-state index is 11.0. The van der Waals surface area contributed by atoms with E-state index in [1.165, 1.54) is 0 Å². The number of aryl methyl sites for hydroxylation is 3. The molecule has 0 saturated carbocycles. The van der Waals surface area contributed by atoms with E-state index in [-0.39, 0.29) is 12.5 Å². The first-order chi connectivity index (χ1) is 16.4. The smallest absolute Gasteiger partial charge is 0.303 e. The molecule has 0 aliphatic carbocycles. The summed E-state index contributed by atoms with van der Waals surface area (Å²) in [5.74, 6) is 0.647. The van der Waals surface area contributed by atoms with Gasteiger partial charge in [0, 0.05) is 18.4 Å². The van der Waals surface area contributed by atoms with Gasteiger partial charge in [0.15, 0.2) is 0 Å². The van der Waals surface area contributed by atoms with Gasteiger partial charge in [-0.3, -0.25) is 4.79 Å². The largest absolute Gasteiger partial charge is 0.493 e. The predicted molar refractivity (Wildman–Crippen MR) is 134 cm³/mol. The molecule has 0 fully saturated rings. The van der Waals surface area contributed by atoms with Crippen LogP contribution in [0.2, 0.25) is 0 Å². The number of ether oxygens (including phenoxy) is 2. The van der Waals surface area contributed by atoms with E-state index < -0.39 is 12.1 Å². The Morgan fingerprint density at radius 3 is 2.47 bits per heavy atom. The third-order valence-electron chi connectivity index (χ3n) is 5.94. The summed E-state index contributed by atoms with van der Waals surface area (Å²) in [5.41, 5.74) is 4.80. The van der Waals surface area contributed by atoms with Gasteiger partial charge < -0.3 is 19.7 Å². The van der Waals surface area contributed by atoms with Gasteiger partial charge in [-0.15, -0.1) is 0 Å². The maximum atomic E-state index is 11.0. The summed E-state index contributed by atoms with van der Waals surface area (Å²) in [7, 11) is 0. The lowest BCUT2D eigenvalue weighted by Crippen LogP contribution is -2.17. The minimum atomic E-state index is -0.794. The van der Waals surface area contributed by atoms with Crippen molar-refractivity contribution in [2.24, 2.45) is 0 Å². The minimum Gasteiger partial charge on any atom is -0.493 e. The molecule has 3 aromatic rings. The zero-order valence-corrected chi connectivity index (χ0v) is 20.2. The molecule has 0 spiro atoms. The van der Waals surface area contributed by atoms with Gasteiger partial charge in [0.1, 0.15) is 17.6 Å². The van der Waals surface area contributed by atoms with E-state index in [4.69, 9.17) is 14.6 Å². The second-order valence-corrected chi connectivity index (χ2v) is 8.59. The number of aliphatic carboxylic acids is 1. The Morgan fingerprint density at radius 2 is 1.79 bits per heavy atom. The van der Waals surface area contributed by atoms with E-state index in [1.54, 1.807) is 0 Å². The van der Waals surface area contributed by atoms with E-state index >= 15 is 0 Å². The number of aliphatic hydroxyl groups excluding tert-OH is 1. The van der Waals surface area contributed by atoms with E-state index in [1.807, 2.05) is 80.6 Å². The molecule has 2 N–H and O–H groups in total. The normalized spacial score (nSPS) is 12.7. The zero-order chi connectivity index (χ0) is 24.5. The molecule has 0 bridgehead atoms. The Balaban J connectivity index is 1.60. The van der Waals surface area contributed by atoms with Gasteiger partial charge in [-0.2, -0.15) is 0 Å². The molecule has 5 heteroatoms. The molecule has 0 radical (unpaired) electrons. The average Bonchev–Trinajstić information content (AvgIpc) is 2.83. The molecule has 0 saturated heterocycles. The Morgan fingerprint density at radius 1 is 1.03 bits per heavy atom. The van der Waals surface area contributed by atoms with Gasteiger partial charge >= 0.3 is 5.97 Å². The Kier molecular flexibility index (Phi) is 9.11. The second-order valence-electron chi connectivity index (χ2n) is 8.59. The van der Waals surface area contributed by atoms with Crippen molar-refractivity contribution in [1.82, 2.24) is 0 Å². The lowest BCUT2D eigenvalue weighted by molar-refractivity contribution is -0.136. The quantitative estimate of drug-likeness (QED) is 0.351. The topological polar surface area (TPSA) is 76.0 Å². The van der Waals surface area contributed by atoms with Crippen LogP contribution in [-0.4, -0.2) is 28.9 Å². The monoisotopic (exact) mass is 462 g/mol. The van der Waals surface area contributed by atoms with Crippen molar-refractivity contribution >= 4 is 5.97 Å². The fraction of sp³-hybridized carbons (Fsp3) is 0.345. The van der Waals surface area contributed by atoms with Gasteiger partial charge in [0.05, 0.1) is 12.7 Å². The summed E-state index contributed by atoms with van der Waals surface area (Å²) < 4.78 is 12.1. The Hall–Kier alpha value is -3.31. The second kappa shape index (κ2) is 12.2. The third-order valence-corrected chi connectivity index (χ3v) is 5.94. The highest BCUT2D eigenvalue weighted by Gasteiger charge is 2.18. The number of carbonyl (C=O) groups is 1. The van der Waals surface area contributed by atoms with E-state index in [2.05, 4.69) is 6.92 Å². The number of hydrogen-bond donors (Lipinski definition) is 2. The molecule has 0 heterocycles. The summed E-state index contributed by atoms with van der Waals surface area (Å²) >= 11 is 0. The van der Waals surface area contributed by atoms with E-state index in [9.17, 15) is 9.90 Å². The first kappa shape index (κ1) is 25.3. The van der Waals surface area contributed by atoms with Crippen molar-refractivity contribution in [2.75, 3.05) is 6.61 Å². The van der Waals surface area contributed by atoms with Crippen LogP contribution in [0.15, 0.2) is 66.7 Å². The van der Waals surface area contributed by atoms with Crippen molar-refractivity contribution in [1.29, 1.82) is 0 Å². The van der Waals surface area contributed by atoms with Crippen LogP contribution in [0.1, 0.15) is 60.6 Å². The SMILES string of the molecule is CCc1ccc(OC(C)CCOc2ccc(CCC(=O)O)c(C)c2)c(C(O)c2ccccc2)c1. The molecule has 180 valence electrons. The molecule has 0 aliphatic heterocycles. The van der Waals surface area contributed by atoms with Crippen LogP contribution in [0, 0.1) is 6.92 Å². The Bertz CT molecular complexity index is 1080. The van der Waals surface area contributed by atoms with Crippen LogP contribution in [0.5, 0.6) is 11.5 Å². The molecule has 0 aliphatic rings. The number of aliphatic hydroxyl groups is 1. The lowest BCUT2D eigenvalue weighted by Gasteiger charge is -2.21. The first-order valence-corrected chi connectivity index (χ1v) is 11.8. The van der Waals surface area contributed by atoms with Crippen molar-refractivity contribution in [3.8, 4) is 11.5 Å². The van der Waals surface area contributed by atoms with Crippen molar-refractivity contribution < 1.29 is 24.5 Å². The van der Waals surface area contributed by atoms with E-state index in [0.29, 0.717) is 25.2 Å². The minimum absolute atomic E-state index is 0.106. The average molecular weight is 463 g/mol. The van der Waals surface area contributed by atoms with Gasteiger partial charge in [0.25, 0.3) is 0 Å². The number of benzene rings is 3. The highest BCUT2D eigenvalue weighted by atomic mass is 16.5. The van der Waals surface area contributed by atoms with Gasteiger partial charge in [-0.25, -0.2) is 0 Å². The molecule has 34 heavy (non-hydrogen) atoms. The molecule has 3 aromatic carbocycles. The number of carboxylic acid groups (broad SMARTS) is 1. The van der Waals surface area contributed by atoms with Crippen molar-refractivity contribution in [3.05, 3.63) is 94.5 Å². The predicted octanol–water partition coefficient (Wildman–Crippen LogP) is 5.89. The summed E-state index contributed by atoms with van der Waals surface area (Å²) in [4.78, 5) is 10.8. The fourth-order valence-corrected chi connectivity index (χ4v) is 3.85. The standard InChI is InChI=1S/C29H34O5/c1-4-22-10-14-27(26(19-22)29(32)24-8-6-5-7-9-24)34-21(3)16-17-33-25-13-11-23(20(2)18-25)12-15-28(30)31/h5-11,13-14,18-19,21,29,32H,4,12,15-17H2,1-3H3,(H,30,31). The summed E-state index contributed by atoms with van der Waals surface area (Å²) in [6.45, 7) is 6.54. The Labute approximate surface area is 202 Å². The molecule has 3 rings (SSSR count). The van der Waals surface area contributed by atoms with Gasteiger partial charge in [-0.05, 0) is 73.2 Å². The molecule has 5 nitrogen and oxygen atoms in total. The molecule has 0 amide bonds. The van der Waals surface area contributed by atoms with E-state index in [0.717, 1.165) is 40.0 Å². The fourth-order valence-electron chi connectivity index (χ4n) is 3.85. The third kappa shape index (κ3) is 7.09. The summed E-state index contributed by atoms with van der Waals surface area (Å²) in [6, 6.07) is 21.4. The van der Waals surface area contributed by atoms with Crippen molar-refractivity contribution in [2.45, 2.75) is 58.7 Å². The molecule has 2 atom stereocenters. The van der Waals surface area contributed by atoms with Gasteiger partial charge in [0.2, 0.25) is 0 Å². The number of rotatable bonds is 12. The lowest BCUT2D eigenvalue weighted by atomic mass is 9.98. The van der Waals surface area contributed by atoms with Crippen LogP contribution in [-0.2, 0) is 17.6 Å². The van der Waals surface area contributed by atoms with Crippen LogP contribution in [0.25, 0.3) is 0 Å². The maximum Gasteiger partial charge on any atom is 0.303 e. The van der Waals surface area contributed by atoms with Crippen LogP contribution in [0.4, 0.5) is 0 Å². The highest BCUT2D eigenvalue weighted by molar-refractivity contribution is 5.67. The van der Waals surface area contributed by atoms with Crippen LogP contribution >= 0.6 is 0 Å². The number of hydrogen-bond acceptors (Lipinski definition) is 4. The van der Waals surface area contributed by atoms with Gasteiger partial charge in [-0.1, -0.05) is 49.4 Å². The molecular weight excluding hydrogens is 428 g/mol. The van der Waals surface area contributed by atoms with Crippen LogP contribution < -0.4 is 9.47 Å². The first-order valence-electron chi connectivity index (χ1n) is 11.8. The van der Waals surface area contributed by atoms with Crippen molar-refractivity contribution in [3.63, 3.8) is 0 Å². The van der Waals surface area contributed by atoms with Crippen LogP contribution in [0.3, 0.4) is 0 Å². The number of carboxylic acids is 1. The summed E-state index contributed by atoms with van der Waals surface area (Å²) in [6.07, 6.45) is 1.33. The molecule has 0 aromatic heterocycles. The summed E-state index contributed by atoms with van der Waals surface area (Å²) in [5, 5.41) is 19.9. The zero-order valence-electron chi connectivity index (χ0n) is 20.2.